The number of carbonyl (C=O) groups is 1. The average molecular weight is 404 g/mol. The van der Waals surface area contributed by atoms with Crippen LogP contribution in [0.5, 0.6) is 0 Å². The number of hydrogen-bond acceptors (Lipinski definition) is 5. The Kier molecular flexibility index (Phi) is 6.23. The third-order valence-electron chi connectivity index (χ3n) is 5.84. The van der Waals surface area contributed by atoms with Crippen LogP contribution in [0.2, 0.25) is 0 Å². The van der Waals surface area contributed by atoms with Gasteiger partial charge in [-0.25, -0.2) is 4.98 Å². The van der Waals surface area contributed by atoms with Crippen LogP contribution in [0.1, 0.15) is 35.8 Å². The molecule has 156 valence electrons. The summed E-state index contributed by atoms with van der Waals surface area (Å²) in [4.78, 5) is 26.1. The minimum atomic E-state index is -0.0584. The maximum Gasteiger partial charge on any atom is 0.255 e. The highest BCUT2D eigenvalue weighted by Crippen LogP contribution is 2.18. The fourth-order valence-electron chi connectivity index (χ4n) is 4.12. The van der Waals surface area contributed by atoms with Gasteiger partial charge < -0.3 is 10.2 Å². The summed E-state index contributed by atoms with van der Waals surface area (Å²) in [5.74, 6) is 0.755. The number of nitrogens with one attached hydrogen (secondary N) is 1. The van der Waals surface area contributed by atoms with E-state index in [2.05, 4.69) is 27.1 Å². The lowest BCUT2D eigenvalue weighted by Gasteiger charge is -2.23. The Labute approximate surface area is 177 Å². The molecule has 3 aromatic rings. The van der Waals surface area contributed by atoms with Crippen LogP contribution >= 0.6 is 0 Å². The van der Waals surface area contributed by atoms with Gasteiger partial charge in [-0.2, -0.15) is 0 Å². The molecule has 6 heteroatoms. The number of nitrogens with zero attached hydrogens (tertiary/aromatic N) is 4. The molecule has 0 unspecified atom stereocenters. The number of likely N-dealkylation sites (N-methyl/N-ethyl adjacent to an activating group) is 1. The highest BCUT2D eigenvalue weighted by atomic mass is 16.2. The second-order valence-electron chi connectivity index (χ2n) is 7.89. The van der Waals surface area contributed by atoms with Gasteiger partial charge >= 0.3 is 0 Å². The molecule has 1 N–H and O–H groups in total. The van der Waals surface area contributed by atoms with Crippen molar-refractivity contribution in [2.45, 2.75) is 32.4 Å². The summed E-state index contributed by atoms with van der Waals surface area (Å²) >= 11 is 0. The first kappa shape index (κ1) is 20.3. The van der Waals surface area contributed by atoms with Gasteiger partial charge in [0.25, 0.3) is 5.91 Å². The summed E-state index contributed by atoms with van der Waals surface area (Å²) in [5.41, 5.74) is 2.39. The predicted octanol–water partition coefficient (Wildman–Crippen LogP) is 3.80. The van der Waals surface area contributed by atoms with Crippen molar-refractivity contribution >= 4 is 22.6 Å². The lowest BCUT2D eigenvalue weighted by molar-refractivity contribution is 0.0783. The second-order valence-corrected chi connectivity index (χ2v) is 7.89. The van der Waals surface area contributed by atoms with E-state index in [1.54, 1.807) is 18.1 Å². The highest BCUT2D eigenvalue weighted by Gasteiger charge is 2.22. The molecule has 0 spiro atoms. The Bertz CT molecular complexity index is 1000. The van der Waals surface area contributed by atoms with Crippen LogP contribution in [0.25, 0.3) is 10.9 Å². The quantitative estimate of drug-likeness (QED) is 0.650. The van der Waals surface area contributed by atoms with Gasteiger partial charge in [-0.1, -0.05) is 31.2 Å². The third kappa shape index (κ3) is 4.60. The van der Waals surface area contributed by atoms with Crippen LogP contribution in [0, 0.1) is 0 Å². The van der Waals surface area contributed by atoms with E-state index in [-0.39, 0.29) is 5.91 Å². The number of benzene rings is 1. The van der Waals surface area contributed by atoms with E-state index in [1.165, 1.54) is 19.4 Å². The molecule has 1 aromatic carbocycles. The Hall–Kier alpha value is -2.99. The van der Waals surface area contributed by atoms with Crippen LogP contribution < -0.4 is 5.32 Å². The molecule has 4 rings (SSSR count). The van der Waals surface area contributed by atoms with Crippen LogP contribution in [0.3, 0.4) is 0 Å². The average Bonchev–Trinajstić information content (AvgIpc) is 3.25. The number of amides is 1. The molecule has 3 heterocycles. The van der Waals surface area contributed by atoms with Crippen molar-refractivity contribution in [3.8, 4) is 0 Å². The normalized spacial score (nSPS) is 16.7. The summed E-state index contributed by atoms with van der Waals surface area (Å²) in [5, 5.41) is 4.51. The molecule has 1 amide bonds. The van der Waals surface area contributed by atoms with Crippen molar-refractivity contribution < 1.29 is 4.79 Å². The van der Waals surface area contributed by atoms with E-state index >= 15 is 0 Å². The van der Waals surface area contributed by atoms with Crippen LogP contribution in [-0.4, -0.2) is 58.4 Å². The number of rotatable bonds is 7. The molecular weight excluding hydrogens is 374 g/mol. The first-order valence-corrected chi connectivity index (χ1v) is 10.7. The molecule has 1 fully saturated rings. The number of likely N-dealkylation sites (tertiary alicyclic amines) is 1. The van der Waals surface area contributed by atoms with Crippen LogP contribution in [0.15, 0.2) is 54.7 Å². The smallest absolute Gasteiger partial charge is 0.255 e. The van der Waals surface area contributed by atoms with E-state index in [1.807, 2.05) is 48.5 Å². The van der Waals surface area contributed by atoms with E-state index in [9.17, 15) is 4.79 Å². The number of carbonyl (C=O) groups excluding carboxylic acids is 1. The molecule has 1 aliphatic rings. The van der Waals surface area contributed by atoms with Crippen molar-refractivity contribution in [1.29, 1.82) is 0 Å². The molecule has 0 bridgehead atoms. The van der Waals surface area contributed by atoms with Gasteiger partial charge in [0.2, 0.25) is 0 Å². The zero-order valence-corrected chi connectivity index (χ0v) is 17.7. The van der Waals surface area contributed by atoms with E-state index < -0.39 is 0 Å². The molecule has 2 aromatic heterocycles. The number of anilines is 1. The van der Waals surface area contributed by atoms with Gasteiger partial charge in [0, 0.05) is 31.2 Å². The van der Waals surface area contributed by atoms with Crippen LogP contribution in [-0.2, 0) is 6.54 Å². The number of para-hydroxylation sites is 1. The standard InChI is InChI=1S/C24H29N5O/c1-3-29-14-6-8-21(29)16-26-23-13-11-19(15-25-23)24(30)28(2)17-20-12-10-18-7-4-5-9-22(18)27-20/h4-5,7,9-13,15,21H,3,6,8,14,16-17H2,1-2H3,(H,25,26)/t21-/m0/s1. The maximum absolute atomic E-state index is 12.8. The highest BCUT2D eigenvalue weighted by molar-refractivity contribution is 5.93. The minimum Gasteiger partial charge on any atom is -0.369 e. The SMILES string of the molecule is CCN1CCC[C@H]1CNc1ccc(C(=O)N(C)Cc2ccc3ccccc3n2)cn1. The summed E-state index contributed by atoms with van der Waals surface area (Å²) in [6, 6.07) is 16.3. The fourth-order valence-corrected chi connectivity index (χ4v) is 4.12. The molecule has 1 atom stereocenters. The Morgan fingerprint density at radius 2 is 2.07 bits per heavy atom. The van der Waals surface area contributed by atoms with Gasteiger partial charge in [0.05, 0.1) is 23.3 Å². The fraction of sp³-hybridized carbons (Fsp3) is 0.375. The van der Waals surface area contributed by atoms with Crippen molar-refractivity contribution in [1.82, 2.24) is 19.8 Å². The minimum absolute atomic E-state index is 0.0584. The van der Waals surface area contributed by atoms with Gasteiger partial charge in [-0.05, 0) is 50.2 Å². The molecular formula is C24H29N5O. The molecule has 6 nitrogen and oxygen atoms in total. The van der Waals surface area contributed by atoms with Crippen LogP contribution in [0.4, 0.5) is 5.82 Å². The topological polar surface area (TPSA) is 61.4 Å². The zero-order valence-electron chi connectivity index (χ0n) is 17.7. The molecule has 0 radical (unpaired) electrons. The van der Waals surface area contributed by atoms with Crippen molar-refractivity contribution in [3.05, 3.63) is 66.0 Å². The van der Waals surface area contributed by atoms with Gasteiger partial charge in [-0.3, -0.25) is 14.7 Å². The second kappa shape index (κ2) is 9.22. The molecule has 30 heavy (non-hydrogen) atoms. The first-order valence-electron chi connectivity index (χ1n) is 10.7. The third-order valence-corrected chi connectivity index (χ3v) is 5.84. The summed E-state index contributed by atoms with van der Waals surface area (Å²) in [6.07, 6.45) is 4.14. The van der Waals surface area contributed by atoms with Crippen molar-refractivity contribution in [2.24, 2.45) is 0 Å². The molecule has 0 saturated carbocycles. The zero-order chi connectivity index (χ0) is 20.9. The first-order chi connectivity index (χ1) is 14.6. The predicted molar refractivity (Wildman–Crippen MR) is 121 cm³/mol. The molecule has 0 aliphatic carbocycles. The summed E-state index contributed by atoms with van der Waals surface area (Å²) in [6.45, 7) is 5.83. The maximum atomic E-state index is 12.8. The van der Waals surface area contributed by atoms with E-state index in [0.29, 0.717) is 18.2 Å². The number of fused-ring (bicyclic) bond motifs is 1. The summed E-state index contributed by atoms with van der Waals surface area (Å²) in [7, 11) is 1.80. The van der Waals surface area contributed by atoms with Gasteiger partial charge in [0.15, 0.2) is 0 Å². The Morgan fingerprint density at radius 3 is 2.87 bits per heavy atom. The molecule has 1 saturated heterocycles. The van der Waals surface area contributed by atoms with E-state index in [0.717, 1.165) is 35.5 Å². The van der Waals surface area contributed by atoms with E-state index in [4.69, 9.17) is 0 Å². The van der Waals surface area contributed by atoms with Crippen molar-refractivity contribution in [3.63, 3.8) is 0 Å². The Balaban J connectivity index is 1.35. The lowest BCUT2D eigenvalue weighted by Crippen LogP contribution is -2.34. The largest absolute Gasteiger partial charge is 0.369 e. The monoisotopic (exact) mass is 403 g/mol. The summed E-state index contributed by atoms with van der Waals surface area (Å²) < 4.78 is 0. The molecule has 1 aliphatic heterocycles. The Morgan fingerprint density at radius 1 is 1.20 bits per heavy atom. The number of aromatic nitrogens is 2. The van der Waals surface area contributed by atoms with Gasteiger partial charge in [0.1, 0.15) is 5.82 Å². The number of hydrogen-bond donors (Lipinski definition) is 1. The van der Waals surface area contributed by atoms with Gasteiger partial charge in [-0.15, -0.1) is 0 Å². The lowest BCUT2D eigenvalue weighted by atomic mass is 10.2. The number of pyridine rings is 2. The van der Waals surface area contributed by atoms with Crippen molar-refractivity contribution in [2.75, 3.05) is 32.0 Å².